The van der Waals surface area contributed by atoms with Gasteiger partial charge in [0.15, 0.2) is 0 Å². The molecule has 0 aliphatic rings. The summed E-state index contributed by atoms with van der Waals surface area (Å²) in [4.78, 5) is 0. The van der Waals surface area contributed by atoms with Crippen molar-refractivity contribution in [1.29, 1.82) is 0 Å². The molecule has 0 aliphatic heterocycles. The van der Waals surface area contributed by atoms with Crippen LogP contribution in [0.15, 0.2) is 30.3 Å². The molecule has 0 radical (unpaired) electrons. The fourth-order valence-corrected chi connectivity index (χ4v) is 1.53. The maximum absolute atomic E-state index is 12.2. The molecule has 0 amide bonds. The lowest BCUT2D eigenvalue weighted by molar-refractivity contribution is -0.0263. The molecule has 0 fully saturated rings. The lowest BCUT2D eigenvalue weighted by Crippen LogP contribution is -2.39. The number of hydrogen-bond acceptors (Lipinski definition) is 2. The summed E-state index contributed by atoms with van der Waals surface area (Å²) < 4.78 is 29.8. The Bertz CT molecular complexity index is 335. The van der Waals surface area contributed by atoms with E-state index in [4.69, 9.17) is 4.74 Å². The van der Waals surface area contributed by atoms with E-state index in [9.17, 15) is 8.78 Å². The summed E-state index contributed by atoms with van der Waals surface area (Å²) in [6.45, 7) is 6.07. The minimum atomic E-state index is -2.44. The van der Waals surface area contributed by atoms with E-state index in [-0.39, 0.29) is 11.6 Å². The second-order valence-corrected chi connectivity index (χ2v) is 5.25. The Hall–Kier alpha value is -1.00. The number of nitrogens with one attached hydrogen (secondary N) is 1. The smallest absolute Gasteiger partial charge is 0.261 e. The third-order valence-corrected chi connectivity index (χ3v) is 2.41. The first-order chi connectivity index (χ1) is 8.38. The first-order valence-electron chi connectivity index (χ1n) is 6.08. The van der Waals surface area contributed by atoms with Gasteiger partial charge in [0.05, 0.1) is 6.10 Å². The van der Waals surface area contributed by atoms with Gasteiger partial charge in [0.1, 0.15) is 6.61 Å². The minimum Gasteiger partial charge on any atom is -0.366 e. The fraction of sp³-hybridized carbons (Fsp3) is 0.571. The van der Waals surface area contributed by atoms with Crippen LogP contribution >= 0.6 is 0 Å². The molecule has 0 aromatic heterocycles. The van der Waals surface area contributed by atoms with Crippen LogP contribution in [0.2, 0.25) is 0 Å². The monoisotopic (exact) mass is 257 g/mol. The second kappa shape index (κ2) is 6.81. The van der Waals surface area contributed by atoms with E-state index in [0.29, 0.717) is 6.54 Å². The zero-order valence-corrected chi connectivity index (χ0v) is 11.1. The average molecular weight is 257 g/mol. The molecule has 1 rings (SSSR count). The Balaban J connectivity index is 2.63. The summed E-state index contributed by atoms with van der Waals surface area (Å²) in [6, 6.07) is 9.43. The van der Waals surface area contributed by atoms with Gasteiger partial charge in [-0.15, -0.1) is 0 Å². The van der Waals surface area contributed by atoms with Gasteiger partial charge >= 0.3 is 0 Å². The number of benzene rings is 1. The van der Waals surface area contributed by atoms with Crippen molar-refractivity contribution in [1.82, 2.24) is 5.32 Å². The van der Waals surface area contributed by atoms with Gasteiger partial charge in [-0.1, -0.05) is 30.3 Å². The summed E-state index contributed by atoms with van der Waals surface area (Å²) in [5.41, 5.74) is 0.844. The Labute approximate surface area is 107 Å². The van der Waals surface area contributed by atoms with Crippen LogP contribution < -0.4 is 5.32 Å². The van der Waals surface area contributed by atoms with Crippen molar-refractivity contribution in [3.05, 3.63) is 35.9 Å². The van der Waals surface area contributed by atoms with Crippen molar-refractivity contribution in [3.63, 3.8) is 0 Å². The van der Waals surface area contributed by atoms with Crippen LogP contribution in [0.4, 0.5) is 8.78 Å². The number of rotatable bonds is 6. The third-order valence-electron chi connectivity index (χ3n) is 2.41. The Kier molecular flexibility index (Phi) is 5.69. The van der Waals surface area contributed by atoms with Crippen LogP contribution in [0.1, 0.15) is 32.4 Å². The molecular formula is C14H21F2NO. The van der Waals surface area contributed by atoms with E-state index < -0.39 is 13.0 Å². The van der Waals surface area contributed by atoms with Crippen molar-refractivity contribution < 1.29 is 13.5 Å². The summed E-state index contributed by atoms with van der Waals surface area (Å²) in [6.07, 6.45) is -2.79. The third kappa shape index (κ3) is 6.07. The van der Waals surface area contributed by atoms with Crippen molar-refractivity contribution in [2.24, 2.45) is 0 Å². The van der Waals surface area contributed by atoms with Gasteiger partial charge in [0, 0.05) is 12.1 Å². The predicted octanol–water partition coefficient (Wildman–Crippen LogP) is 3.40. The molecular weight excluding hydrogens is 236 g/mol. The van der Waals surface area contributed by atoms with Crippen molar-refractivity contribution in [2.45, 2.75) is 38.8 Å². The number of hydrogen-bond donors (Lipinski definition) is 1. The lowest BCUT2D eigenvalue weighted by atomic mass is 10.1. The largest absolute Gasteiger partial charge is 0.366 e. The van der Waals surface area contributed by atoms with Crippen LogP contribution in [0.25, 0.3) is 0 Å². The van der Waals surface area contributed by atoms with E-state index in [1.54, 1.807) is 0 Å². The Morgan fingerprint density at radius 2 is 1.78 bits per heavy atom. The quantitative estimate of drug-likeness (QED) is 0.843. The zero-order valence-electron chi connectivity index (χ0n) is 11.1. The van der Waals surface area contributed by atoms with Gasteiger partial charge in [-0.25, -0.2) is 8.78 Å². The molecule has 4 heteroatoms. The van der Waals surface area contributed by atoms with E-state index in [1.165, 1.54) is 0 Å². The normalized spacial score (nSPS) is 13.9. The molecule has 0 spiro atoms. The molecule has 1 atom stereocenters. The summed E-state index contributed by atoms with van der Waals surface area (Å²) in [5.74, 6) is 0. The SMILES string of the molecule is CC(C)(C)NCC(OCC(F)F)c1ccccc1. The van der Waals surface area contributed by atoms with Crippen LogP contribution in [-0.2, 0) is 4.74 Å². The van der Waals surface area contributed by atoms with Gasteiger partial charge in [-0.05, 0) is 26.3 Å². The maximum Gasteiger partial charge on any atom is 0.261 e. The minimum absolute atomic E-state index is 0.0682. The van der Waals surface area contributed by atoms with Gasteiger partial charge < -0.3 is 10.1 Å². The molecule has 1 aromatic carbocycles. The number of alkyl halides is 2. The first kappa shape index (κ1) is 15.1. The summed E-state index contributed by atoms with van der Waals surface area (Å²) >= 11 is 0. The molecule has 18 heavy (non-hydrogen) atoms. The molecule has 102 valence electrons. The van der Waals surface area contributed by atoms with Crippen LogP contribution in [0.5, 0.6) is 0 Å². The highest BCUT2D eigenvalue weighted by Gasteiger charge is 2.17. The molecule has 1 N–H and O–H groups in total. The second-order valence-electron chi connectivity index (χ2n) is 5.25. The number of ether oxygens (including phenoxy) is 1. The van der Waals surface area contributed by atoms with Gasteiger partial charge in [0.25, 0.3) is 6.43 Å². The van der Waals surface area contributed by atoms with Gasteiger partial charge in [-0.3, -0.25) is 0 Å². The van der Waals surface area contributed by atoms with E-state index in [0.717, 1.165) is 5.56 Å². The molecule has 0 saturated heterocycles. The van der Waals surface area contributed by atoms with Crippen molar-refractivity contribution in [2.75, 3.05) is 13.2 Å². The predicted molar refractivity (Wildman–Crippen MR) is 68.9 cm³/mol. The van der Waals surface area contributed by atoms with Crippen LogP contribution in [0.3, 0.4) is 0 Å². The summed E-state index contributed by atoms with van der Waals surface area (Å²) in [7, 11) is 0. The molecule has 2 nitrogen and oxygen atoms in total. The topological polar surface area (TPSA) is 21.3 Å². The number of halogens is 2. The van der Waals surface area contributed by atoms with Gasteiger partial charge in [-0.2, -0.15) is 0 Å². The lowest BCUT2D eigenvalue weighted by Gasteiger charge is -2.25. The Morgan fingerprint density at radius 1 is 1.17 bits per heavy atom. The molecule has 1 aromatic rings. The molecule has 0 aliphatic carbocycles. The van der Waals surface area contributed by atoms with Crippen molar-refractivity contribution in [3.8, 4) is 0 Å². The average Bonchev–Trinajstić information content (AvgIpc) is 2.28. The standard InChI is InChI=1S/C14H21F2NO/c1-14(2,3)17-9-12(18-10-13(15)16)11-7-5-4-6-8-11/h4-8,12-13,17H,9-10H2,1-3H3. The van der Waals surface area contributed by atoms with Crippen LogP contribution in [0, 0.1) is 0 Å². The van der Waals surface area contributed by atoms with E-state index in [2.05, 4.69) is 5.32 Å². The fourth-order valence-electron chi connectivity index (χ4n) is 1.53. The highest BCUT2D eigenvalue weighted by molar-refractivity contribution is 5.18. The van der Waals surface area contributed by atoms with E-state index in [1.807, 2.05) is 51.1 Å². The van der Waals surface area contributed by atoms with E-state index >= 15 is 0 Å². The molecule has 0 bridgehead atoms. The Morgan fingerprint density at radius 3 is 2.28 bits per heavy atom. The van der Waals surface area contributed by atoms with Gasteiger partial charge in [0.2, 0.25) is 0 Å². The maximum atomic E-state index is 12.2. The summed E-state index contributed by atoms with van der Waals surface area (Å²) in [5, 5.41) is 3.27. The van der Waals surface area contributed by atoms with Crippen LogP contribution in [-0.4, -0.2) is 25.1 Å². The molecule has 1 unspecified atom stereocenters. The molecule has 0 heterocycles. The first-order valence-corrected chi connectivity index (χ1v) is 6.08. The molecule has 0 saturated carbocycles. The van der Waals surface area contributed by atoms with Crippen molar-refractivity contribution >= 4 is 0 Å². The zero-order chi connectivity index (χ0) is 13.6. The highest BCUT2D eigenvalue weighted by atomic mass is 19.3. The highest BCUT2D eigenvalue weighted by Crippen LogP contribution is 2.18.